The Morgan fingerprint density at radius 2 is 1.95 bits per heavy atom. The largest absolute Gasteiger partial charge is 0.398 e. The van der Waals surface area contributed by atoms with Crippen LogP contribution in [-0.2, 0) is 10.0 Å². The number of hydrogen-bond acceptors (Lipinski definition) is 4. The molecule has 0 saturated heterocycles. The smallest absolute Gasteiger partial charge is 0.243 e. The van der Waals surface area contributed by atoms with Gasteiger partial charge in [0.1, 0.15) is 0 Å². The molecule has 0 aliphatic rings. The zero-order chi connectivity index (χ0) is 15.5. The number of benzene rings is 1. The molecule has 1 aromatic rings. The molecule has 0 fully saturated rings. The molecule has 0 saturated carbocycles. The summed E-state index contributed by atoms with van der Waals surface area (Å²) in [5.41, 5.74) is 7.91. The number of rotatable bonds is 6. The Balaban J connectivity index is 3.29. The van der Waals surface area contributed by atoms with Gasteiger partial charge in [0.05, 0.1) is 4.90 Å². The number of nitrogens with zero attached hydrogens (tertiary/aromatic N) is 1. The highest BCUT2D eigenvalue weighted by atomic mass is 32.2. The molecule has 1 aromatic carbocycles. The Morgan fingerprint density at radius 3 is 2.45 bits per heavy atom. The maximum Gasteiger partial charge on any atom is 0.243 e. The van der Waals surface area contributed by atoms with Gasteiger partial charge in [-0.15, -0.1) is 0 Å². The van der Waals surface area contributed by atoms with Crippen LogP contribution in [0.4, 0.5) is 5.69 Å². The Morgan fingerprint density at radius 1 is 1.35 bits per heavy atom. The van der Waals surface area contributed by atoms with Crippen LogP contribution in [0.3, 0.4) is 0 Å². The molecule has 1 rings (SSSR count). The maximum absolute atomic E-state index is 12.8. The number of thioether (sulfide) groups is 1. The van der Waals surface area contributed by atoms with E-state index >= 15 is 0 Å². The van der Waals surface area contributed by atoms with E-state index in [2.05, 4.69) is 0 Å². The van der Waals surface area contributed by atoms with Crippen molar-refractivity contribution in [2.45, 2.75) is 38.1 Å². The molecule has 0 aromatic heterocycles. The molecular formula is C14H24N2O2S2. The van der Waals surface area contributed by atoms with Gasteiger partial charge in [0.25, 0.3) is 0 Å². The number of sulfonamides is 1. The molecule has 0 amide bonds. The summed E-state index contributed by atoms with van der Waals surface area (Å²) < 4.78 is 27.1. The molecule has 1 atom stereocenters. The van der Waals surface area contributed by atoms with Crippen LogP contribution in [0, 0.1) is 13.8 Å². The van der Waals surface area contributed by atoms with Gasteiger partial charge >= 0.3 is 0 Å². The minimum absolute atomic E-state index is 0.00358. The van der Waals surface area contributed by atoms with Gasteiger partial charge in [-0.05, 0) is 49.8 Å². The quantitative estimate of drug-likeness (QED) is 0.820. The zero-order valence-electron chi connectivity index (χ0n) is 12.8. The highest BCUT2D eigenvalue weighted by Crippen LogP contribution is 2.27. The number of anilines is 1. The van der Waals surface area contributed by atoms with Crippen molar-refractivity contribution >= 4 is 27.5 Å². The molecule has 0 bridgehead atoms. The number of aryl methyl sites for hydroxylation is 1. The second kappa shape index (κ2) is 6.83. The molecule has 0 radical (unpaired) electrons. The highest BCUT2D eigenvalue weighted by Gasteiger charge is 2.28. The summed E-state index contributed by atoms with van der Waals surface area (Å²) in [6.07, 6.45) is 2.77. The molecular weight excluding hydrogens is 292 g/mol. The Labute approximate surface area is 126 Å². The molecule has 20 heavy (non-hydrogen) atoms. The first-order chi connectivity index (χ1) is 9.25. The first kappa shape index (κ1) is 17.3. The lowest BCUT2D eigenvalue weighted by molar-refractivity contribution is 0.385. The second-order valence-corrected chi connectivity index (χ2v) is 7.89. The van der Waals surface area contributed by atoms with Crippen LogP contribution in [0.2, 0.25) is 0 Å². The van der Waals surface area contributed by atoms with Crippen LogP contribution < -0.4 is 5.73 Å². The first-order valence-electron chi connectivity index (χ1n) is 6.59. The van der Waals surface area contributed by atoms with E-state index in [9.17, 15) is 8.42 Å². The lowest BCUT2D eigenvalue weighted by atomic mass is 10.1. The van der Waals surface area contributed by atoms with E-state index in [4.69, 9.17) is 5.73 Å². The molecule has 0 aliphatic carbocycles. The number of nitrogens with two attached hydrogens (primary N) is 1. The summed E-state index contributed by atoms with van der Waals surface area (Å²) in [6, 6.07) is 3.49. The average molecular weight is 316 g/mol. The van der Waals surface area contributed by atoms with Crippen LogP contribution in [0.15, 0.2) is 17.0 Å². The van der Waals surface area contributed by atoms with Crippen LogP contribution in [0.5, 0.6) is 0 Å². The predicted molar refractivity (Wildman–Crippen MR) is 87.7 cm³/mol. The Bertz CT molecular complexity index is 571. The van der Waals surface area contributed by atoms with Crippen molar-refractivity contribution in [2.75, 3.05) is 24.8 Å². The van der Waals surface area contributed by atoms with Crippen molar-refractivity contribution in [1.82, 2.24) is 4.31 Å². The van der Waals surface area contributed by atoms with Crippen molar-refractivity contribution in [2.24, 2.45) is 0 Å². The summed E-state index contributed by atoms with van der Waals surface area (Å²) in [5.74, 6) is 0.784. The topological polar surface area (TPSA) is 63.4 Å². The van der Waals surface area contributed by atoms with Crippen molar-refractivity contribution in [3.8, 4) is 0 Å². The monoisotopic (exact) mass is 316 g/mol. The molecule has 1 unspecified atom stereocenters. The number of hydrogen-bond donors (Lipinski definition) is 1. The first-order valence-corrected chi connectivity index (χ1v) is 9.42. The molecule has 4 nitrogen and oxygen atoms in total. The molecule has 0 spiro atoms. The third-order valence-corrected chi connectivity index (χ3v) is 6.30. The fraction of sp³-hybridized carbons (Fsp3) is 0.571. The third-order valence-electron chi connectivity index (χ3n) is 3.55. The van der Waals surface area contributed by atoms with Crippen LogP contribution in [0.25, 0.3) is 0 Å². The predicted octanol–water partition coefficient (Wildman–Crippen LogP) is 2.65. The summed E-state index contributed by atoms with van der Waals surface area (Å²) in [7, 11) is -1.86. The standard InChI is InChI=1S/C14H24N2O2S2/c1-6-12(9-19-5)16(4)20(17,18)14-8-10(2)7-13(15)11(14)3/h7-8,12H,6,9,15H2,1-5H3. The van der Waals surface area contributed by atoms with Gasteiger partial charge in [0.2, 0.25) is 10.0 Å². The van der Waals surface area contributed by atoms with Crippen LogP contribution >= 0.6 is 11.8 Å². The summed E-state index contributed by atoms with van der Waals surface area (Å²) >= 11 is 1.65. The van der Waals surface area contributed by atoms with Crippen molar-refractivity contribution in [1.29, 1.82) is 0 Å². The lowest BCUT2D eigenvalue weighted by Crippen LogP contribution is -2.38. The third kappa shape index (κ3) is 3.48. The summed E-state index contributed by atoms with van der Waals surface area (Å²) in [5, 5.41) is 0. The SMILES string of the molecule is CCC(CSC)N(C)S(=O)(=O)c1cc(C)cc(N)c1C. The molecule has 6 heteroatoms. The van der Waals surface area contributed by atoms with E-state index in [1.165, 1.54) is 4.31 Å². The fourth-order valence-electron chi connectivity index (χ4n) is 2.14. The van der Waals surface area contributed by atoms with Crippen LogP contribution in [0.1, 0.15) is 24.5 Å². The van der Waals surface area contributed by atoms with Gasteiger partial charge in [0, 0.05) is 24.5 Å². The molecule has 2 N–H and O–H groups in total. The van der Waals surface area contributed by atoms with Crippen LogP contribution in [-0.4, -0.2) is 37.8 Å². The molecule has 0 heterocycles. The van der Waals surface area contributed by atoms with Gasteiger partial charge in [-0.2, -0.15) is 16.1 Å². The number of nitrogen functional groups attached to an aromatic ring is 1. The van der Waals surface area contributed by atoms with Gasteiger partial charge in [-0.25, -0.2) is 8.42 Å². The van der Waals surface area contributed by atoms with E-state index < -0.39 is 10.0 Å². The minimum Gasteiger partial charge on any atom is -0.398 e. The van der Waals surface area contributed by atoms with Gasteiger partial charge < -0.3 is 5.73 Å². The van der Waals surface area contributed by atoms with Gasteiger partial charge in [-0.1, -0.05) is 6.92 Å². The van der Waals surface area contributed by atoms with Crippen molar-refractivity contribution in [3.63, 3.8) is 0 Å². The van der Waals surface area contributed by atoms with E-state index in [0.29, 0.717) is 16.1 Å². The normalized spacial score (nSPS) is 13.7. The summed E-state index contributed by atoms with van der Waals surface area (Å²) in [4.78, 5) is 0.317. The van der Waals surface area contributed by atoms with E-state index in [0.717, 1.165) is 17.7 Å². The minimum atomic E-state index is -3.51. The molecule has 0 aliphatic heterocycles. The van der Waals surface area contributed by atoms with Gasteiger partial charge in [-0.3, -0.25) is 0 Å². The Hall–Kier alpha value is -0.720. The zero-order valence-corrected chi connectivity index (χ0v) is 14.4. The highest BCUT2D eigenvalue weighted by molar-refractivity contribution is 7.98. The maximum atomic E-state index is 12.8. The lowest BCUT2D eigenvalue weighted by Gasteiger charge is -2.27. The fourth-order valence-corrected chi connectivity index (χ4v) is 4.85. The molecule has 114 valence electrons. The van der Waals surface area contributed by atoms with Gasteiger partial charge in [0.15, 0.2) is 0 Å². The van der Waals surface area contributed by atoms with Crippen molar-refractivity contribution < 1.29 is 8.42 Å². The Kier molecular flexibility index (Phi) is 5.91. The van der Waals surface area contributed by atoms with Crippen molar-refractivity contribution in [3.05, 3.63) is 23.3 Å². The van der Waals surface area contributed by atoms with E-state index in [1.54, 1.807) is 37.9 Å². The summed E-state index contributed by atoms with van der Waals surface area (Å²) in [6.45, 7) is 5.61. The average Bonchev–Trinajstić information content (AvgIpc) is 2.39. The van der Waals surface area contributed by atoms with E-state index in [-0.39, 0.29) is 6.04 Å². The second-order valence-electron chi connectivity index (χ2n) is 5.02. The van der Waals surface area contributed by atoms with E-state index in [1.807, 2.05) is 20.1 Å².